The van der Waals surface area contributed by atoms with E-state index in [0.717, 1.165) is 11.3 Å². The van der Waals surface area contributed by atoms with Crippen molar-refractivity contribution in [3.63, 3.8) is 0 Å². The third-order valence-corrected chi connectivity index (χ3v) is 3.40. The highest BCUT2D eigenvalue weighted by Crippen LogP contribution is 2.24. The number of amides is 1. The van der Waals surface area contributed by atoms with E-state index in [2.05, 4.69) is 10.4 Å². The van der Waals surface area contributed by atoms with E-state index in [-0.39, 0.29) is 5.91 Å². The summed E-state index contributed by atoms with van der Waals surface area (Å²) in [7, 11) is 1.85. The molecule has 5 heteroatoms. The van der Waals surface area contributed by atoms with Crippen molar-refractivity contribution in [1.82, 2.24) is 15.1 Å². The van der Waals surface area contributed by atoms with Crippen LogP contribution in [0.4, 0.5) is 5.69 Å². The van der Waals surface area contributed by atoms with Crippen molar-refractivity contribution < 1.29 is 4.79 Å². The molecule has 3 N–H and O–H groups in total. The lowest BCUT2D eigenvalue weighted by Gasteiger charge is -2.24. The van der Waals surface area contributed by atoms with Gasteiger partial charge in [-0.3, -0.25) is 9.48 Å². The summed E-state index contributed by atoms with van der Waals surface area (Å²) in [5.41, 5.74) is 7.53. The molecule has 0 fully saturated rings. The molecule has 20 heavy (non-hydrogen) atoms. The van der Waals surface area contributed by atoms with Gasteiger partial charge in [0.05, 0.1) is 17.7 Å². The molecule has 0 aliphatic heterocycles. The lowest BCUT2D eigenvalue weighted by atomic mass is 9.83. The molecule has 0 aliphatic rings. The SMILES string of the molecule is Cn1ccc(CNC(=O)C(C)(C)c2ccc(N)cc2)n1. The highest BCUT2D eigenvalue weighted by molar-refractivity contribution is 5.87. The molecule has 2 rings (SSSR count). The first-order valence-corrected chi connectivity index (χ1v) is 6.52. The maximum Gasteiger partial charge on any atom is 0.230 e. The molecule has 0 atom stereocenters. The van der Waals surface area contributed by atoms with Crippen LogP contribution in [0.3, 0.4) is 0 Å². The Hall–Kier alpha value is -2.30. The predicted molar refractivity (Wildman–Crippen MR) is 78.9 cm³/mol. The van der Waals surface area contributed by atoms with E-state index in [0.29, 0.717) is 12.2 Å². The van der Waals surface area contributed by atoms with Gasteiger partial charge in [0.2, 0.25) is 5.91 Å². The molecule has 1 aromatic heterocycles. The number of hydrogen-bond donors (Lipinski definition) is 2. The second kappa shape index (κ2) is 5.36. The molecular formula is C15H20N4O. The molecule has 5 nitrogen and oxygen atoms in total. The van der Waals surface area contributed by atoms with Gasteiger partial charge in [-0.2, -0.15) is 5.10 Å². The summed E-state index contributed by atoms with van der Waals surface area (Å²) in [5, 5.41) is 7.15. The molecule has 1 heterocycles. The number of nitrogens with zero attached hydrogens (tertiary/aromatic N) is 2. The number of nitrogens with one attached hydrogen (secondary N) is 1. The molecule has 0 aliphatic carbocycles. The Morgan fingerprint density at radius 3 is 2.50 bits per heavy atom. The fraction of sp³-hybridized carbons (Fsp3) is 0.333. The van der Waals surface area contributed by atoms with Crippen molar-refractivity contribution in [3.8, 4) is 0 Å². The molecule has 0 spiro atoms. The summed E-state index contributed by atoms with van der Waals surface area (Å²) in [5.74, 6) is -0.0343. The zero-order valence-corrected chi connectivity index (χ0v) is 12.1. The Morgan fingerprint density at radius 2 is 1.95 bits per heavy atom. The van der Waals surface area contributed by atoms with Crippen LogP contribution < -0.4 is 11.1 Å². The number of anilines is 1. The molecule has 2 aromatic rings. The van der Waals surface area contributed by atoms with Gasteiger partial charge in [0, 0.05) is 18.9 Å². The minimum absolute atomic E-state index is 0.0343. The van der Waals surface area contributed by atoms with E-state index in [4.69, 9.17) is 5.73 Å². The summed E-state index contributed by atoms with van der Waals surface area (Å²) < 4.78 is 1.71. The summed E-state index contributed by atoms with van der Waals surface area (Å²) in [4.78, 5) is 12.4. The number of aryl methyl sites for hydroxylation is 1. The van der Waals surface area contributed by atoms with Crippen LogP contribution in [0.2, 0.25) is 0 Å². The second-order valence-corrected chi connectivity index (χ2v) is 5.41. The van der Waals surface area contributed by atoms with Crippen LogP contribution in [0.25, 0.3) is 0 Å². The number of carbonyl (C=O) groups excluding carboxylic acids is 1. The van der Waals surface area contributed by atoms with Crippen LogP contribution in [0, 0.1) is 0 Å². The van der Waals surface area contributed by atoms with Crippen LogP contribution in [0.1, 0.15) is 25.1 Å². The normalized spacial score (nSPS) is 11.3. The largest absolute Gasteiger partial charge is 0.399 e. The molecule has 0 saturated heterocycles. The van der Waals surface area contributed by atoms with Crippen LogP contribution in [0.5, 0.6) is 0 Å². The summed E-state index contributed by atoms with van der Waals surface area (Å²) in [6.45, 7) is 4.22. The highest BCUT2D eigenvalue weighted by Gasteiger charge is 2.29. The average Bonchev–Trinajstić information content (AvgIpc) is 2.82. The maximum absolute atomic E-state index is 12.4. The van der Waals surface area contributed by atoms with E-state index < -0.39 is 5.41 Å². The van der Waals surface area contributed by atoms with E-state index in [1.165, 1.54) is 0 Å². The predicted octanol–water partition coefficient (Wildman–Crippen LogP) is 1.60. The Bertz CT molecular complexity index is 599. The van der Waals surface area contributed by atoms with Gasteiger partial charge < -0.3 is 11.1 Å². The third-order valence-electron chi connectivity index (χ3n) is 3.40. The number of benzene rings is 1. The number of carbonyl (C=O) groups is 1. The van der Waals surface area contributed by atoms with Gasteiger partial charge in [0.25, 0.3) is 0 Å². The summed E-state index contributed by atoms with van der Waals surface area (Å²) in [6, 6.07) is 9.27. The average molecular weight is 272 g/mol. The van der Waals surface area contributed by atoms with Crippen LogP contribution in [0.15, 0.2) is 36.5 Å². The van der Waals surface area contributed by atoms with Gasteiger partial charge in [-0.05, 0) is 37.6 Å². The van der Waals surface area contributed by atoms with Gasteiger partial charge in [0.1, 0.15) is 0 Å². The summed E-state index contributed by atoms with van der Waals surface area (Å²) in [6.07, 6.45) is 1.85. The molecule has 1 amide bonds. The Morgan fingerprint density at radius 1 is 1.30 bits per heavy atom. The molecule has 0 unspecified atom stereocenters. The Balaban J connectivity index is 2.05. The van der Waals surface area contributed by atoms with E-state index >= 15 is 0 Å². The van der Waals surface area contributed by atoms with Crippen molar-refractivity contribution in [2.24, 2.45) is 7.05 Å². The van der Waals surface area contributed by atoms with Gasteiger partial charge in [-0.25, -0.2) is 0 Å². The first-order valence-electron chi connectivity index (χ1n) is 6.52. The van der Waals surface area contributed by atoms with Crippen molar-refractivity contribution in [1.29, 1.82) is 0 Å². The van der Waals surface area contributed by atoms with Crippen molar-refractivity contribution in [3.05, 3.63) is 47.8 Å². The number of rotatable bonds is 4. The second-order valence-electron chi connectivity index (χ2n) is 5.41. The topological polar surface area (TPSA) is 72.9 Å². The minimum Gasteiger partial charge on any atom is -0.399 e. The number of aromatic nitrogens is 2. The van der Waals surface area contributed by atoms with Crippen molar-refractivity contribution in [2.75, 3.05) is 5.73 Å². The van der Waals surface area contributed by atoms with Gasteiger partial charge >= 0.3 is 0 Å². The molecular weight excluding hydrogens is 252 g/mol. The van der Waals surface area contributed by atoms with E-state index in [9.17, 15) is 4.79 Å². The molecule has 0 saturated carbocycles. The van der Waals surface area contributed by atoms with Gasteiger partial charge in [0.15, 0.2) is 0 Å². The standard InChI is InChI=1S/C15H20N4O/c1-15(2,11-4-6-12(16)7-5-11)14(20)17-10-13-8-9-19(3)18-13/h4-9H,10,16H2,1-3H3,(H,17,20). The number of nitrogens with two attached hydrogens (primary N) is 1. The highest BCUT2D eigenvalue weighted by atomic mass is 16.2. The summed E-state index contributed by atoms with van der Waals surface area (Å²) >= 11 is 0. The smallest absolute Gasteiger partial charge is 0.230 e. The van der Waals surface area contributed by atoms with Crippen LogP contribution in [-0.4, -0.2) is 15.7 Å². The van der Waals surface area contributed by atoms with Crippen molar-refractivity contribution in [2.45, 2.75) is 25.8 Å². The molecule has 0 bridgehead atoms. The molecule has 106 valence electrons. The quantitative estimate of drug-likeness (QED) is 0.830. The van der Waals surface area contributed by atoms with Gasteiger partial charge in [-0.15, -0.1) is 0 Å². The fourth-order valence-electron chi connectivity index (χ4n) is 1.98. The zero-order chi connectivity index (χ0) is 14.8. The molecule has 0 radical (unpaired) electrons. The Kier molecular flexibility index (Phi) is 3.79. The monoisotopic (exact) mass is 272 g/mol. The van der Waals surface area contributed by atoms with Crippen LogP contribution in [-0.2, 0) is 23.8 Å². The lowest BCUT2D eigenvalue weighted by Crippen LogP contribution is -2.39. The first kappa shape index (κ1) is 14.1. The molecule has 1 aromatic carbocycles. The van der Waals surface area contributed by atoms with Crippen molar-refractivity contribution >= 4 is 11.6 Å². The number of nitrogen functional groups attached to an aromatic ring is 1. The number of hydrogen-bond acceptors (Lipinski definition) is 3. The van der Waals surface area contributed by atoms with Crippen LogP contribution >= 0.6 is 0 Å². The van der Waals surface area contributed by atoms with E-state index in [1.54, 1.807) is 4.68 Å². The van der Waals surface area contributed by atoms with Gasteiger partial charge in [-0.1, -0.05) is 12.1 Å². The zero-order valence-electron chi connectivity index (χ0n) is 12.1. The first-order chi connectivity index (χ1) is 9.39. The van der Waals surface area contributed by atoms with E-state index in [1.807, 2.05) is 57.4 Å². The minimum atomic E-state index is -0.609. The fourth-order valence-corrected chi connectivity index (χ4v) is 1.98. The lowest BCUT2D eigenvalue weighted by molar-refractivity contribution is -0.125. The third kappa shape index (κ3) is 2.99. The Labute approximate surface area is 118 Å². The maximum atomic E-state index is 12.4.